The van der Waals surface area contributed by atoms with Crippen molar-refractivity contribution in [2.24, 2.45) is 0 Å². The number of H-pyrrole nitrogens is 1. The molecule has 0 radical (unpaired) electrons. The molecule has 0 bridgehead atoms. The largest absolute Gasteiger partial charge is 0.370 e. The smallest absolute Gasteiger partial charge is 0.0969 e. The monoisotopic (exact) mass is 332 g/mol. The second kappa shape index (κ2) is 6.00. The first-order valence-electron chi connectivity index (χ1n) is 8.55. The molecule has 1 saturated heterocycles. The van der Waals surface area contributed by atoms with Crippen LogP contribution in [0.1, 0.15) is 47.7 Å². The van der Waals surface area contributed by atoms with Gasteiger partial charge < -0.3 is 4.74 Å². The molecule has 2 atom stereocenters. The molecule has 2 unspecified atom stereocenters. The molecular formula is C17H24N4OS. The minimum Gasteiger partial charge on any atom is -0.370 e. The van der Waals surface area contributed by atoms with Gasteiger partial charge in [-0.3, -0.25) is 10.00 Å². The van der Waals surface area contributed by atoms with Crippen molar-refractivity contribution in [3.63, 3.8) is 0 Å². The summed E-state index contributed by atoms with van der Waals surface area (Å²) >= 11 is 1.99. The van der Waals surface area contributed by atoms with Crippen LogP contribution >= 0.6 is 11.3 Å². The highest BCUT2D eigenvalue weighted by atomic mass is 32.1. The molecule has 2 aromatic heterocycles. The van der Waals surface area contributed by atoms with Crippen molar-refractivity contribution in [1.29, 1.82) is 0 Å². The number of fused-ring (bicyclic) bond motifs is 2. The number of rotatable bonds is 3. The molecule has 1 spiro atoms. The number of likely N-dealkylation sites (tertiary alicyclic amines) is 1. The topological polar surface area (TPSA) is 54.0 Å². The second-order valence-corrected chi connectivity index (χ2v) is 7.96. The third-order valence-corrected chi connectivity index (χ3v) is 6.63. The van der Waals surface area contributed by atoms with E-state index in [1.807, 2.05) is 17.5 Å². The molecule has 1 N–H and O–H groups in total. The Labute approximate surface area is 141 Å². The summed E-state index contributed by atoms with van der Waals surface area (Å²) in [6.07, 6.45) is 6.24. The van der Waals surface area contributed by atoms with Gasteiger partial charge in [0.1, 0.15) is 0 Å². The Kier molecular flexibility index (Phi) is 3.99. The molecule has 5 nitrogen and oxygen atoms in total. The van der Waals surface area contributed by atoms with Crippen molar-refractivity contribution in [2.45, 2.75) is 57.7 Å². The molecule has 0 aromatic carbocycles. The molecule has 6 heteroatoms. The lowest BCUT2D eigenvalue weighted by Gasteiger charge is -2.47. The van der Waals surface area contributed by atoms with Crippen LogP contribution in [0.15, 0.2) is 12.3 Å². The number of piperidine rings is 1. The van der Waals surface area contributed by atoms with E-state index in [1.54, 1.807) is 4.88 Å². The molecule has 1 fully saturated rings. The first-order chi connectivity index (χ1) is 11.2. The minimum absolute atomic E-state index is 0.0583. The SMILES string of the molecule is CCc1cc2c(s1)CCOC21CCN(Cc2c[nH]nn2)C(C)C1. The summed E-state index contributed by atoms with van der Waals surface area (Å²) in [5.74, 6) is 0. The molecular weight excluding hydrogens is 308 g/mol. The standard InChI is InChI=1S/C17H24N4OS/c1-3-14-8-15-16(23-14)4-7-22-17(15)5-6-21(12(2)9-17)11-13-10-18-20-19-13/h8,10,12H,3-7,9,11H2,1-2H3,(H,18,19,20). The van der Waals surface area contributed by atoms with Gasteiger partial charge in [-0.05, 0) is 37.8 Å². The van der Waals surface area contributed by atoms with Crippen LogP contribution in [-0.4, -0.2) is 39.5 Å². The van der Waals surface area contributed by atoms with Gasteiger partial charge in [-0.15, -0.1) is 16.4 Å². The maximum Gasteiger partial charge on any atom is 0.0969 e. The Morgan fingerprint density at radius 2 is 2.43 bits per heavy atom. The molecule has 124 valence electrons. The highest BCUT2D eigenvalue weighted by Gasteiger charge is 2.44. The quantitative estimate of drug-likeness (QED) is 0.939. The number of hydrogen-bond donors (Lipinski definition) is 1. The molecule has 0 amide bonds. The van der Waals surface area contributed by atoms with Crippen LogP contribution in [0.3, 0.4) is 0 Å². The molecule has 23 heavy (non-hydrogen) atoms. The number of aryl methyl sites for hydroxylation is 1. The summed E-state index contributed by atoms with van der Waals surface area (Å²) in [4.78, 5) is 5.55. The second-order valence-electron chi connectivity index (χ2n) is 6.73. The summed E-state index contributed by atoms with van der Waals surface area (Å²) in [6, 6.07) is 2.90. The van der Waals surface area contributed by atoms with Gasteiger partial charge >= 0.3 is 0 Å². The number of aromatic nitrogens is 3. The first-order valence-corrected chi connectivity index (χ1v) is 9.37. The average Bonchev–Trinajstić information content (AvgIpc) is 3.20. The summed E-state index contributed by atoms with van der Waals surface area (Å²) in [5, 5.41) is 10.7. The van der Waals surface area contributed by atoms with E-state index in [2.05, 4.69) is 40.2 Å². The Balaban J connectivity index is 1.55. The number of thiophene rings is 1. The van der Waals surface area contributed by atoms with Crippen LogP contribution in [0, 0.1) is 0 Å². The van der Waals surface area contributed by atoms with Gasteiger partial charge in [-0.25, -0.2) is 0 Å². The number of ether oxygens (including phenoxy) is 1. The fourth-order valence-corrected chi connectivity index (χ4v) is 5.20. The van der Waals surface area contributed by atoms with E-state index in [1.165, 1.54) is 10.4 Å². The summed E-state index contributed by atoms with van der Waals surface area (Å²) < 4.78 is 6.39. The lowest BCUT2D eigenvalue weighted by Crippen LogP contribution is -2.50. The van der Waals surface area contributed by atoms with Crippen molar-refractivity contribution < 1.29 is 4.74 Å². The number of aromatic amines is 1. The Morgan fingerprint density at radius 3 is 3.17 bits per heavy atom. The summed E-state index contributed by atoms with van der Waals surface area (Å²) in [5.41, 5.74) is 2.44. The zero-order chi connectivity index (χ0) is 15.9. The minimum atomic E-state index is -0.0583. The molecule has 0 saturated carbocycles. The summed E-state index contributed by atoms with van der Waals surface area (Å²) in [6.45, 7) is 7.33. The van der Waals surface area contributed by atoms with Crippen LogP contribution in [0.4, 0.5) is 0 Å². The lowest BCUT2D eigenvalue weighted by molar-refractivity contribution is -0.112. The van der Waals surface area contributed by atoms with E-state index in [0.717, 1.165) is 51.1 Å². The van der Waals surface area contributed by atoms with E-state index in [9.17, 15) is 0 Å². The summed E-state index contributed by atoms with van der Waals surface area (Å²) in [7, 11) is 0. The molecule has 2 aromatic rings. The van der Waals surface area contributed by atoms with Gasteiger partial charge in [0.25, 0.3) is 0 Å². The lowest BCUT2D eigenvalue weighted by atomic mass is 9.79. The first kappa shape index (κ1) is 15.3. The predicted octanol–water partition coefficient (Wildman–Crippen LogP) is 2.88. The van der Waals surface area contributed by atoms with Gasteiger partial charge in [0.05, 0.1) is 17.9 Å². The van der Waals surface area contributed by atoms with Crippen LogP contribution in [0.2, 0.25) is 0 Å². The van der Waals surface area contributed by atoms with Gasteiger partial charge in [-0.1, -0.05) is 12.1 Å². The normalized spacial score (nSPS) is 28.2. The Hall–Kier alpha value is -1.24. The maximum absolute atomic E-state index is 6.39. The Morgan fingerprint density at radius 1 is 1.52 bits per heavy atom. The van der Waals surface area contributed by atoms with E-state index in [4.69, 9.17) is 4.74 Å². The molecule has 4 heterocycles. The van der Waals surface area contributed by atoms with E-state index in [0.29, 0.717) is 6.04 Å². The highest BCUT2D eigenvalue weighted by Crippen LogP contribution is 2.46. The van der Waals surface area contributed by atoms with Crippen LogP contribution in [0.5, 0.6) is 0 Å². The molecule has 0 aliphatic carbocycles. The highest BCUT2D eigenvalue weighted by molar-refractivity contribution is 7.12. The van der Waals surface area contributed by atoms with Gasteiger partial charge in [-0.2, -0.15) is 0 Å². The van der Waals surface area contributed by atoms with Crippen molar-refractivity contribution in [3.05, 3.63) is 33.3 Å². The van der Waals surface area contributed by atoms with Crippen molar-refractivity contribution in [3.8, 4) is 0 Å². The van der Waals surface area contributed by atoms with Crippen LogP contribution in [0.25, 0.3) is 0 Å². The zero-order valence-electron chi connectivity index (χ0n) is 13.8. The number of hydrogen-bond acceptors (Lipinski definition) is 5. The third kappa shape index (κ3) is 2.73. The van der Waals surface area contributed by atoms with Gasteiger partial charge in [0, 0.05) is 41.5 Å². The van der Waals surface area contributed by atoms with E-state index in [-0.39, 0.29) is 5.60 Å². The molecule has 2 aliphatic heterocycles. The molecule has 2 aliphatic rings. The number of nitrogens with zero attached hydrogens (tertiary/aromatic N) is 3. The van der Waals surface area contributed by atoms with Crippen LogP contribution in [-0.2, 0) is 29.7 Å². The van der Waals surface area contributed by atoms with E-state index < -0.39 is 0 Å². The molecule has 4 rings (SSSR count). The fourth-order valence-electron chi connectivity index (χ4n) is 4.02. The van der Waals surface area contributed by atoms with Gasteiger partial charge in [0.15, 0.2) is 0 Å². The van der Waals surface area contributed by atoms with Crippen molar-refractivity contribution >= 4 is 11.3 Å². The predicted molar refractivity (Wildman–Crippen MR) is 90.5 cm³/mol. The average molecular weight is 332 g/mol. The van der Waals surface area contributed by atoms with Gasteiger partial charge in [0.2, 0.25) is 0 Å². The maximum atomic E-state index is 6.39. The van der Waals surface area contributed by atoms with Crippen LogP contribution < -0.4 is 0 Å². The fraction of sp³-hybridized carbons (Fsp3) is 0.647. The third-order valence-electron chi connectivity index (χ3n) is 5.29. The Bertz CT molecular complexity index is 668. The van der Waals surface area contributed by atoms with E-state index >= 15 is 0 Å². The van der Waals surface area contributed by atoms with Crippen molar-refractivity contribution in [2.75, 3.05) is 13.2 Å². The zero-order valence-corrected chi connectivity index (χ0v) is 14.7. The van der Waals surface area contributed by atoms with Crippen molar-refractivity contribution in [1.82, 2.24) is 20.3 Å². The number of nitrogens with one attached hydrogen (secondary N) is 1.